The normalized spacial score (nSPS) is 46.8. The summed E-state index contributed by atoms with van der Waals surface area (Å²) < 4.78 is 0. The maximum atomic E-state index is 10.1. The second kappa shape index (κ2) is 3.23. The first kappa shape index (κ1) is 11.0. The monoisotopic (exact) mass is 188 g/mol. The fourth-order valence-electron chi connectivity index (χ4n) is 1.82. The van der Waals surface area contributed by atoms with E-state index < -0.39 is 17.3 Å². The predicted molar refractivity (Wildman–Crippen MR) is 50.3 cm³/mol. The van der Waals surface area contributed by atoms with Crippen LogP contribution in [-0.4, -0.2) is 32.6 Å². The zero-order chi connectivity index (χ0) is 10.3. The Morgan fingerprint density at radius 3 is 2.15 bits per heavy atom. The van der Waals surface area contributed by atoms with Gasteiger partial charge in [0.25, 0.3) is 0 Å². The molecule has 78 valence electrons. The molecule has 0 radical (unpaired) electrons. The first-order valence-corrected chi connectivity index (χ1v) is 4.91. The quantitative estimate of drug-likeness (QED) is 0.567. The summed E-state index contributed by atoms with van der Waals surface area (Å²) in [5, 5.41) is 29.4. The van der Waals surface area contributed by atoms with E-state index in [0.29, 0.717) is 12.8 Å². The third-order valence-corrected chi connectivity index (χ3v) is 3.40. The molecule has 0 aromatic heterocycles. The van der Waals surface area contributed by atoms with Gasteiger partial charge in [-0.15, -0.1) is 0 Å². The van der Waals surface area contributed by atoms with Crippen LogP contribution >= 0.6 is 0 Å². The number of aliphatic hydroxyl groups is 3. The molecule has 1 rings (SSSR count). The van der Waals surface area contributed by atoms with Gasteiger partial charge in [0, 0.05) is 6.42 Å². The van der Waals surface area contributed by atoms with Gasteiger partial charge in [0.1, 0.15) is 0 Å². The molecule has 0 unspecified atom stereocenters. The summed E-state index contributed by atoms with van der Waals surface area (Å²) in [6, 6.07) is 0. The fourth-order valence-corrected chi connectivity index (χ4v) is 1.82. The Hall–Kier alpha value is -0.120. The van der Waals surface area contributed by atoms with Gasteiger partial charge in [-0.1, -0.05) is 13.8 Å². The molecule has 3 N–H and O–H groups in total. The number of hydrogen-bond donors (Lipinski definition) is 3. The van der Waals surface area contributed by atoms with Crippen LogP contribution in [0.2, 0.25) is 0 Å². The molecule has 3 atom stereocenters. The first-order valence-electron chi connectivity index (χ1n) is 4.91. The summed E-state index contributed by atoms with van der Waals surface area (Å²) >= 11 is 0. The minimum absolute atomic E-state index is 0.123. The van der Waals surface area contributed by atoms with Crippen LogP contribution in [0.5, 0.6) is 0 Å². The van der Waals surface area contributed by atoms with Gasteiger partial charge in [0.15, 0.2) is 0 Å². The van der Waals surface area contributed by atoms with Crippen molar-refractivity contribution >= 4 is 0 Å². The third-order valence-electron chi connectivity index (χ3n) is 3.40. The Labute approximate surface area is 79.4 Å². The summed E-state index contributed by atoms with van der Waals surface area (Å²) in [5.41, 5.74) is -1.83. The van der Waals surface area contributed by atoms with Crippen LogP contribution < -0.4 is 0 Å². The molecule has 0 aromatic rings. The molecule has 1 fully saturated rings. The van der Waals surface area contributed by atoms with Crippen LogP contribution in [0.25, 0.3) is 0 Å². The highest BCUT2D eigenvalue weighted by atomic mass is 16.3. The minimum atomic E-state index is -1.03. The van der Waals surface area contributed by atoms with Crippen LogP contribution in [0, 0.1) is 5.92 Å². The van der Waals surface area contributed by atoms with Crippen molar-refractivity contribution < 1.29 is 15.3 Å². The molecule has 13 heavy (non-hydrogen) atoms. The second-order valence-corrected chi connectivity index (χ2v) is 4.84. The fraction of sp³-hybridized carbons (Fsp3) is 1.00. The van der Waals surface area contributed by atoms with E-state index in [2.05, 4.69) is 0 Å². The first-order chi connectivity index (χ1) is 5.78. The summed E-state index contributed by atoms with van der Waals surface area (Å²) in [4.78, 5) is 0. The lowest BCUT2D eigenvalue weighted by atomic mass is 9.70. The van der Waals surface area contributed by atoms with E-state index in [1.54, 1.807) is 6.92 Å². The molecule has 0 spiro atoms. The lowest BCUT2D eigenvalue weighted by Crippen LogP contribution is -2.53. The average Bonchev–Trinajstić information content (AvgIpc) is 1.98. The van der Waals surface area contributed by atoms with E-state index in [1.165, 1.54) is 0 Å². The van der Waals surface area contributed by atoms with Crippen LogP contribution in [0.15, 0.2) is 0 Å². The van der Waals surface area contributed by atoms with Crippen molar-refractivity contribution in [2.75, 3.05) is 0 Å². The zero-order valence-corrected chi connectivity index (χ0v) is 8.62. The largest absolute Gasteiger partial charge is 0.390 e. The van der Waals surface area contributed by atoms with Crippen LogP contribution in [0.1, 0.15) is 40.0 Å². The SMILES string of the molecule is CC(C)[C@]1(O)CC[C@@](C)(O)[C@H](O)C1. The highest BCUT2D eigenvalue weighted by molar-refractivity contribution is 4.98. The van der Waals surface area contributed by atoms with E-state index in [0.717, 1.165) is 0 Å². The second-order valence-electron chi connectivity index (χ2n) is 4.84. The Kier molecular flexibility index (Phi) is 2.72. The standard InChI is InChI=1S/C10H20O3/c1-7(2)10(13)5-4-9(3,12)8(11)6-10/h7-8,11-13H,4-6H2,1-3H3/t8-,9-,10+/m1/s1. The molecule has 3 nitrogen and oxygen atoms in total. The van der Waals surface area contributed by atoms with Crippen molar-refractivity contribution in [3.05, 3.63) is 0 Å². The maximum absolute atomic E-state index is 10.1. The zero-order valence-electron chi connectivity index (χ0n) is 8.62. The molecule has 3 heteroatoms. The maximum Gasteiger partial charge on any atom is 0.0879 e. The van der Waals surface area contributed by atoms with Gasteiger partial charge < -0.3 is 15.3 Å². The number of rotatable bonds is 1. The van der Waals surface area contributed by atoms with E-state index in [1.807, 2.05) is 13.8 Å². The highest BCUT2D eigenvalue weighted by Gasteiger charge is 2.45. The Balaban J connectivity index is 2.70. The molecule has 1 aliphatic carbocycles. The van der Waals surface area contributed by atoms with E-state index in [-0.39, 0.29) is 12.3 Å². The van der Waals surface area contributed by atoms with Gasteiger partial charge in [-0.25, -0.2) is 0 Å². The van der Waals surface area contributed by atoms with Crippen molar-refractivity contribution in [3.63, 3.8) is 0 Å². The molecule has 0 aliphatic heterocycles. The van der Waals surface area contributed by atoms with Gasteiger partial charge in [-0.3, -0.25) is 0 Å². The van der Waals surface area contributed by atoms with Crippen LogP contribution in [0.3, 0.4) is 0 Å². The number of hydrogen-bond acceptors (Lipinski definition) is 3. The van der Waals surface area contributed by atoms with E-state index in [9.17, 15) is 15.3 Å². The van der Waals surface area contributed by atoms with Crippen LogP contribution in [-0.2, 0) is 0 Å². The Morgan fingerprint density at radius 2 is 1.77 bits per heavy atom. The van der Waals surface area contributed by atoms with Gasteiger partial charge >= 0.3 is 0 Å². The summed E-state index contributed by atoms with van der Waals surface area (Å²) in [7, 11) is 0. The molecular formula is C10H20O3. The lowest BCUT2D eigenvalue weighted by Gasteiger charge is -2.44. The van der Waals surface area contributed by atoms with E-state index in [4.69, 9.17) is 0 Å². The molecule has 0 heterocycles. The molecule has 0 bridgehead atoms. The summed E-state index contributed by atoms with van der Waals surface area (Å²) in [6.07, 6.45) is 0.489. The lowest BCUT2D eigenvalue weighted by molar-refractivity contribution is -0.160. The molecule has 0 saturated heterocycles. The summed E-state index contributed by atoms with van der Waals surface area (Å²) in [5.74, 6) is 0.123. The minimum Gasteiger partial charge on any atom is -0.390 e. The molecule has 0 aromatic carbocycles. The topological polar surface area (TPSA) is 60.7 Å². The van der Waals surface area contributed by atoms with E-state index >= 15 is 0 Å². The highest BCUT2D eigenvalue weighted by Crippen LogP contribution is 2.38. The van der Waals surface area contributed by atoms with Crippen molar-refractivity contribution in [1.82, 2.24) is 0 Å². The van der Waals surface area contributed by atoms with Gasteiger partial charge in [0.05, 0.1) is 17.3 Å². The Bertz CT molecular complexity index is 189. The molecule has 1 saturated carbocycles. The molecular weight excluding hydrogens is 168 g/mol. The average molecular weight is 188 g/mol. The van der Waals surface area contributed by atoms with Crippen LogP contribution in [0.4, 0.5) is 0 Å². The third kappa shape index (κ3) is 2.03. The van der Waals surface area contributed by atoms with Crippen molar-refractivity contribution in [2.24, 2.45) is 5.92 Å². The molecule has 0 amide bonds. The smallest absolute Gasteiger partial charge is 0.0879 e. The van der Waals surface area contributed by atoms with Gasteiger partial charge in [0.2, 0.25) is 0 Å². The van der Waals surface area contributed by atoms with Crippen molar-refractivity contribution in [2.45, 2.75) is 57.3 Å². The summed E-state index contributed by atoms with van der Waals surface area (Å²) in [6.45, 7) is 5.50. The predicted octanol–water partition coefficient (Wildman–Crippen LogP) is 0.669. The number of aliphatic hydroxyl groups excluding tert-OH is 1. The van der Waals surface area contributed by atoms with Gasteiger partial charge in [-0.05, 0) is 25.7 Å². The van der Waals surface area contributed by atoms with Gasteiger partial charge in [-0.2, -0.15) is 0 Å². The Morgan fingerprint density at radius 1 is 1.23 bits per heavy atom. The molecule has 1 aliphatic rings. The van der Waals surface area contributed by atoms with Crippen molar-refractivity contribution in [1.29, 1.82) is 0 Å². The van der Waals surface area contributed by atoms with Crippen molar-refractivity contribution in [3.8, 4) is 0 Å².